The van der Waals surface area contributed by atoms with Crippen molar-refractivity contribution < 1.29 is 14.3 Å². The van der Waals surface area contributed by atoms with Crippen LogP contribution in [0.1, 0.15) is 59.7 Å². The second-order valence-corrected chi connectivity index (χ2v) is 9.33. The summed E-state index contributed by atoms with van der Waals surface area (Å²) in [7, 11) is 0. The summed E-state index contributed by atoms with van der Waals surface area (Å²) < 4.78 is 5.45. The van der Waals surface area contributed by atoms with Gasteiger partial charge < -0.3 is 19.7 Å². The van der Waals surface area contributed by atoms with E-state index in [0.29, 0.717) is 30.2 Å². The number of hydrogen-bond acceptors (Lipinski definition) is 5. The molecule has 1 atom stereocenters. The average molecular weight is 449 g/mol. The van der Waals surface area contributed by atoms with Crippen LogP contribution in [0.5, 0.6) is 0 Å². The first-order valence-electron chi connectivity index (χ1n) is 11.7. The molecule has 174 valence electrons. The topological polar surface area (TPSA) is 82.8 Å². The standard InChI is InChI=1S/C27H32N2O4/c1-17(2)23-13-24-21(12-26(31)33-25(24)10-18(23)3)14-28-22-8-4-7-20(11-22)27(32)29-9-5-6-19(15-29)16-30/h4,7-8,10-13,17,19,28,30H,5-6,9,14-16H2,1-3H3. The Morgan fingerprint density at radius 3 is 2.82 bits per heavy atom. The molecule has 1 aromatic heterocycles. The van der Waals surface area contributed by atoms with Gasteiger partial charge in [-0.25, -0.2) is 4.79 Å². The molecule has 0 spiro atoms. The van der Waals surface area contributed by atoms with Gasteiger partial charge in [-0.15, -0.1) is 0 Å². The highest BCUT2D eigenvalue weighted by atomic mass is 16.4. The number of fused-ring (bicyclic) bond motifs is 1. The van der Waals surface area contributed by atoms with E-state index in [1.807, 2.05) is 42.2 Å². The van der Waals surface area contributed by atoms with Crippen molar-refractivity contribution in [1.82, 2.24) is 4.90 Å². The number of anilines is 1. The highest BCUT2D eigenvalue weighted by Gasteiger charge is 2.24. The number of piperidine rings is 1. The number of likely N-dealkylation sites (tertiary alicyclic amines) is 1. The van der Waals surface area contributed by atoms with Crippen LogP contribution in [0, 0.1) is 12.8 Å². The van der Waals surface area contributed by atoms with E-state index in [4.69, 9.17) is 4.42 Å². The number of aliphatic hydroxyl groups excluding tert-OH is 1. The quantitative estimate of drug-likeness (QED) is 0.535. The van der Waals surface area contributed by atoms with Gasteiger partial charge in [-0.3, -0.25) is 4.79 Å². The first-order valence-corrected chi connectivity index (χ1v) is 11.7. The normalized spacial score (nSPS) is 16.4. The van der Waals surface area contributed by atoms with E-state index in [1.54, 1.807) is 0 Å². The fourth-order valence-corrected chi connectivity index (χ4v) is 4.70. The van der Waals surface area contributed by atoms with Gasteiger partial charge in [0.1, 0.15) is 5.58 Å². The highest BCUT2D eigenvalue weighted by Crippen LogP contribution is 2.27. The minimum atomic E-state index is -0.372. The lowest BCUT2D eigenvalue weighted by Gasteiger charge is -2.32. The molecule has 1 saturated heterocycles. The van der Waals surface area contributed by atoms with E-state index in [-0.39, 0.29) is 24.1 Å². The van der Waals surface area contributed by atoms with Gasteiger partial charge in [0.15, 0.2) is 0 Å². The molecule has 6 nitrogen and oxygen atoms in total. The van der Waals surface area contributed by atoms with Crippen LogP contribution in [-0.2, 0) is 6.54 Å². The van der Waals surface area contributed by atoms with Crippen LogP contribution in [0.15, 0.2) is 51.7 Å². The predicted molar refractivity (Wildman–Crippen MR) is 131 cm³/mol. The molecule has 6 heteroatoms. The first-order chi connectivity index (χ1) is 15.9. The number of amides is 1. The Kier molecular flexibility index (Phi) is 6.84. The van der Waals surface area contributed by atoms with E-state index in [2.05, 4.69) is 25.2 Å². The molecular weight excluding hydrogens is 416 g/mol. The zero-order valence-corrected chi connectivity index (χ0v) is 19.6. The summed E-state index contributed by atoms with van der Waals surface area (Å²) >= 11 is 0. The highest BCUT2D eigenvalue weighted by molar-refractivity contribution is 5.95. The Morgan fingerprint density at radius 2 is 2.06 bits per heavy atom. The third-order valence-electron chi connectivity index (χ3n) is 6.50. The largest absolute Gasteiger partial charge is 0.423 e. The number of nitrogens with one attached hydrogen (secondary N) is 1. The van der Waals surface area contributed by atoms with Crippen molar-refractivity contribution in [3.05, 3.63) is 75.1 Å². The summed E-state index contributed by atoms with van der Waals surface area (Å²) in [5.74, 6) is 0.506. The maximum atomic E-state index is 13.0. The van der Waals surface area contributed by atoms with Gasteiger partial charge in [0.05, 0.1) is 0 Å². The number of carbonyl (C=O) groups is 1. The lowest BCUT2D eigenvalue weighted by molar-refractivity contribution is 0.0621. The van der Waals surface area contributed by atoms with Crippen LogP contribution in [0.4, 0.5) is 5.69 Å². The maximum absolute atomic E-state index is 13.0. The van der Waals surface area contributed by atoms with Gasteiger partial charge in [-0.2, -0.15) is 0 Å². The zero-order chi connectivity index (χ0) is 23.5. The molecule has 2 heterocycles. The van der Waals surface area contributed by atoms with Crippen molar-refractivity contribution >= 4 is 22.6 Å². The second kappa shape index (κ2) is 9.79. The van der Waals surface area contributed by atoms with Crippen LogP contribution >= 0.6 is 0 Å². The Bertz CT molecular complexity index is 1210. The molecule has 1 unspecified atom stereocenters. The Morgan fingerprint density at radius 1 is 1.24 bits per heavy atom. The van der Waals surface area contributed by atoms with Crippen LogP contribution < -0.4 is 10.9 Å². The van der Waals surface area contributed by atoms with Crippen molar-refractivity contribution in [3.63, 3.8) is 0 Å². The second-order valence-electron chi connectivity index (χ2n) is 9.33. The SMILES string of the molecule is Cc1cc2oc(=O)cc(CNc3cccc(C(=O)N4CCCC(CO)C4)c3)c2cc1C(C)C. The van der Waals surface area contributed by atoms with Crippen LogP contribution in [-0.4, -0.2) is 35.6 Å². The molecule has 1 amide bonds. The monoisotopic (exact) mass is 448 g/mol. The molecule has 1 aliphatic rings. The van der Waals surface area contributed by atoms with Gasteiger partial charge in [0, 0.05) is 48.9 Å². The molecule has 4 rings (SSSR count). The van der Waals surface area contributed by atoms with Crippen molar-refractivity contribution in [3.8, 4) is 0 Å². The molecule has 33 heavy (non-hydrogen) atoms. The van der Waals surface area contributed by atoms with Crippen molar-refractivity contribution in [2.75, 3.05) is 25.0 Å². The number of nitrogens with zero attached hydrogens (tertiary/aromatic N) is 1. The maximum Gasteiger partial charge on any atom is 0.336 e. The van der Waals surface area contributed by atoms with Gasteiger partial charge >= 0.3 is 5.63 Å². The molecule has 0 radical (unpaired) electrons. The fraction of sp³-hybridized carbons (Fsp3) is 0.407. The summed E-state index contributed by atoms with van der Waals surface area (Å²) in [6, 6.07) is 13.0. The van der Waals surface area contributed by atoms with Crippen molar-refractivity contribution in [2.45, 2.75) is 46.1 Å². The molecule has 1 fully saturated rings. The van der Waals surface area contributed by atoms with E-state index < -0.39 is 0 Å². The number of benzene rings is 2. The summed E-state index contributed by atoms with van der Waals surface area (Å²) in [5.41, 5.74) is 4.85. The average Bonchev–Trinajstić information content (AvgIpc) is 2.81. The van der Waals surface area contributed by atoms with Gasteiger partial charge in [-0.1, -0.05) is 19.9 Å². The molecule has 0 bridgehead atoms. The lowest BCUT2D eigenvalue weighted by Crippen LogP contribution is -2.40. The Labute approximate surface area is 194 Å². The summed E-state index contributed by atoms with van der Waals surface area (Å²) in [5, 5.41) is 13.8. The van der Waals surface area contributed by atoms with Crippen molar-refractivity contribution in [1.29, 1.82) is 0 Å². The van der Waals surface area contributed by atoms with Crippen LogP contribution in [0.2, 0.25) is 0 Å². The van der Waals surface area contributed by atoms with Gasteiger partial charge in [-0.05, 0) is 78.6 Å². The summed E-state index contributed by atoms with van der Waals surface area (Å²) in [6.45, 7) is 8.21. The number of aryl methyl sites for hydroxylation is 1. The number of rotatable bonds is 6. The Balaban J connectivity index is 1.56. The molecule has 3 aromatic rings. The van der Waals surface area contributed by atoms with E-state index in [9.17, 15) is 14.7 Å². The lowest BCUT2D eigenvalue weighted by atomic mass is 9.95. The number of hydrogen-bond donors (Lipinski definition) is 2. The molecule has 1 aliphatic heterocycles. The minimum Gasteiger partial charge on any atom is -0.423 e. The van der Waals surface area contributed by atoms with Gasteiger partial charge in [0.2, 0.25) is 0 Å². The fourth-order valence-electron chi connectivity index (χ4n) is 4.70. The Hall–Kier alpha value is -3.12. The van der Waals surface area contributed by atoms with E-state index in [1.165, 1.54) is 11.6 Å². The molecule has 0 saturated carbocycles. The molecular formula is C27H32N2O4. The predicted octanol–water partition coefficient (Wildman–Crippen LogP) is 4.68. The van der Waals surface area contributed by atoms with E-state index >= 15 is 0 Å². The summed E-state index contributed by atoms with van der Waals surface area (Å²) in [4.78, 5) is 27.0. The minimum absolute atomic E-state index is 0.0142. The molecule has 2 aromatic carbocycles. The third-order valence-corrected chi connectivity index (χ3v) is 6.50. The summed E-state index contributed by atoms with van der Waals surface area (Å²) in [6.07, 6.45) is 1.87. The smallest absolute Gasteiger partial charge is 0.336 e. The third kappa shape index (κ3) is 5.11. The number of aliphatic hydroxyl groups is 1. The molecule has 0 aliphatic carbocycles. The number of carbonyl (C=O) groups excluding carboxylic acids is 1. The van der Waals surface area contributed by atoms with Crippen molar-refractivity contribution in [2.24, 2.45) is 5.92 Å². The van der Waals surface area contributed by atoms with E-state index in [0.717, 1.165) is 41.6 Å². The first kappa shape index (κ1) is 23.1. The van der Waals surface area contributed by atoms with Crippen LogP contribution in [0.25, 0.3) is 11.0 Å². The van der Waals surface area contributed by atoms with Crippen LogP contribution in [0.3, 0.4) is 0 Å². The molecule has 2 N–H and O–H groups in total. The zero-order valence-electron chi connectivity index (χ0n) is 19.6. The van der Waals surface area contributed by atoms with Gasteiger partial charge in [0.25, 0.3) is 5.91 Å².